The van der Waals surface area contributed by atoms with Gasteiger partial charge in [0.25, 0.3) is 0 Å². The van der Waals surface area contributed by atoms with Gasteiger partial charge < -0.3 is 14.2 Å². The van der Waals surface area contributed by atoms with Gasteiger partial charge >= 0.3 is 0 Å². The van der Waals surface area contributed by atoms with Crippen molar-refractivity contribution in [3.05, 3.63) is 0 Å². The van der Waals surface area contributed by atoms with Crippen LogP contribution in [0.25, 0.3) is 0 Å². The molecule has 0 aromatic heterocycles. The molecule has 17 heavy (non-hydrogen) atoms. The highest BCUT2D eigenvalue weighted by Crippen LogP contribution is 2.35. The van der Waals surface area contributed by atoms with Crippen molar-refractivity contribution >= 4 is 18.0 Å². The molecule has 1 aliphatic rings. The largest absolute Gasteiger partial charge is 0.375 e. The van der Waals surface area contributed by atoms with Gasteiger partial charge in [0.2, 0.25) is 5.79 Å². The van der Waals surface area contributed by atoms with Crippen molar-refractivity contribution in [1.29, 1.82) is 0 Å². The molecule has 0 bridgehead atoms. The van der Waals surface area contributed by atoms with E-state index in [1.54, 1.807) is 11.8 Å². The predicted octanol–water partition coefficient (Wildman–Crippen LogP) is 2.21. The van der Waals surface area contributed by atoms with Gasteiger partial charge in [-0.25, -0.2) is 0 Å². The molecular weight excluding hydrogens is 240 g/mol. The maximum Gasteiger partial charge on any atom is 0.227 e. The van der Waals surface area contributed by atoms with E-state index in [9.17, 15) is 4.79 Å². The van der Waals surface area contributed by atoms with Crippen molar-refractivity contribution < 1.29 is 19.0 Å². The Kier molecular flexibility index (Phi) is 6.48. The van der Waals surface area contributed by atoms with Gasteiger partial charge in [-0.3, -0.25) is 4.79 Å². The number of rotatable bonds is 7. The van der Waals surface area contributed by atoms with Crippen molar-refractivity contribution in [2.75, 3.05) is 19.0 Å². The van der Waals surface area contributed by atoms with Gasteiger partial charge in [0.1, 0.15) is 5.44 Å². The molecule has 0 spiro atoms. The first-order valence-corrected chi connectivity index (χ1v) is 7.27. The second-order valence-electron chi connectivity index (χ2n) is 3.84. The summed E-state index contributed by atoms with van der Waals surface area (Å²) in [4.78, 5) is 11.2. The lowest BCUT2D eigenvalue weighted by molar-refractivity contribution is -0.259. The minimum atomic E-state index is -1.06. The van der Waals surface area contributed by atoms with Gasteiger partial charge in [-0.2, -0.15) is 0 Å². The van der Waals surface area contributed by atoms with E-state index in [1.165, 1.54) is 0 Å². The molecule has 100 valence electrons. The zero-order valence-corrected chi connectivity index (χ0v) is 11.6. The summed E-state index contributed by atoms with van der Waals surface area (Å²) >= 11 is 1.66. The summed E-state index contributed by atoms with van der Waals surface area (Å²) in [7, 11) is 0. The van der Waals surface area contributed by atoms with E-state index in [0.29, 0.717) is 19.6 Å². The number of aldehydes is 1. The minimum absolute atomic E-state index is 0.0541. The standard InChI is InChI=1S/C12H22O4S/c1-4-14-10-7-8-12(9-13,15-5-2)16-11(10)17-6-3/h9-11H,4-8H2,1-3H3. The molecule has 0 aromatic carbocycles. The maximum atomic E-state index is 11.2. The normalized spacial score (nSPS) is 33.6. The van der Waals surface area contributed by atoms with Crippen LogP contribution < -0.4 is 0 Å². The van der Waals surface area contributed by atoms with Crippen molar-refractivity contribution in [2.24, 2.45) is 0 Å². The highest BCUT2D eigenvalue weighted by molar-refractivity contribution is 7.99. The Bertz CT molecular complexity index is 237. The Morgan fingerprint density at radius 2 is 2.18 bits per heavy atom. The van der Waals surface area contributed by atoms with Gasteiger partial charge in [0, 0.05) is 19.6 Å². The molecule has 1 aliphatic heterocycles. The van der Waals surface area contributed by atoms with Crippen LogP contribution in [0.4, 0.5) is 0 Å². The van der Waals surface area contributed by atoms with E-state index >= 15 is 0 Å². The Morgan fingerprint density at radius 3 is 2.71 bits per heavy atom. The molecule has 3 atom stereocenters. The predicted molar refractivity (Wildman–Crippen MR) is 68.1 cm³/mol. The zero-order valence-electron chi connectivity index (χ0n) is 10.8. The minimum Gasteiger partial charge on any atom is -0.375 e. The second kappa shape index (κ2) is 7.36. The molecule has 1 rings (SSSR count). The molecule has 0 amide bonds. The fourth-order valence-corrected chi connectivity index (χ4v) is 2.95. The topological polar surface area (TPSA) is 44.8 Å². The first-order valence-electron chi connectivity index (χ1n) is 6.22. The van der Waals surface area contributed by atoms with E-state index < -0.39 is 5.79 Å². The van der Waals surface area contributed by atoms with Gasteiger partial charge in [0.05, 0.1) is 6.10 Å². The van der Waals surface area contributed by atoms with Crippen molar-refractivity contribution in [3.63, 3.8) is 0 Å². The summed E-state index contributed by atoms with van der Waals surface area (Å²) in [5, 5.41) is 0. The summed E-state index contributed by atoms with van der Waals surface area (Å²) in [5.74, 6) is -0.134. The number of ether oxygens (including phenoxy) is 3. The van der Waals surface area contributed by atoms with Gasteiger partial charge in [0.15, 0.2) is 6.29 Å². The third kappa shape index (κ3) is 3.95. The monoisotopic (exact) mass is 262 g/mol. The van der Waals surface area contributed by atoms with Crippen LogP contribution in [-0.2, 0) is 19.0 Å². The number of carbonyl (C=O) groups is 1. The molecule has 0 N–H and O–H groups in total. The fraction of sp³-hybridized carbons (Fsp3) is 0.917. The van der Waals surface area contributed by atoms with Crippen molar-refractivity contribution in [3.8, 4) is 0 Å². The Balaban J connectivity index is 2.68. The molecule has 1 fully saturated rings. The molecule has 1 saturated heterocycles. The average molecular weight is 262 g/mol. The highest BCUT2D eigenvalue weighted by Gasteiger charge is 2.43. The van der Waals surface area contributed by atoms with E-state index in [2.05, 4.69) is 6.92 Å². The number of hydrogen-bond acceptors (Lipinski definition) is 5. The van der Waals surface area contributed by atoms with Crippen molar-refractivity contribution in [1.82, 2.24) is 0 Å². The van der Waals surface area contributed by atoms with Crippen LogP contribution in [0.5, 0.6) is 0 Å². The van der Waals surface area contributed by atoms with E-state index in [1.807, 2.05) is 13.8 Å². The maximum absolute atomic E-state index is 11.2. The van der Waals surface area contributed by atoms with Crippen LogP contribution in [-0.4, -0.2) is 42.6 Å². The Morgan fingerprint density at radius 1 is 1.41 bits per heavy atom. The lowest BCUT2D eigenvalue weighted by atomic mass is 10.0. The highest BCUT2D eigenvalue weighted by atomic mass is 32.2. The van der Waals surface area contributed by atoms with E-state index in [4.69, 9.17) is 14.2 Å². The molecule has 4 nitrogen and oxygen atoms in total. The van der Waals surface area contributed by atoms with Crippen LogP contribution in [0.3, 0.4) is 0 Å². The summed E-state index contributed by atoms with van der Waals surface area (Å²) in [5.41, 5.74) is -0.120. The van der Waals surface area contributed by atoms with E-state index in [-0.39, 0.29) is 11.5 Å². The Labute approximate surface area is 107 Å². The molecule has 0 radical (unpaired) electrons. The number of carbonyl (C=O) groups excluding carboxylic acids is 1. The number of thioether (sulfide) groups is 1. The molecule has 0 aliphatic carbocycles. The third-order valence-corrected chi connectivity index (χ3v) is 3.74. The summed E-state index contributed by atoms with van der Waals surface area (Å²) in [6.07, 6.45) is 2.19. The Hall–Kier alpha value is -0.100. The van der Waals surface area contributed by atoms with Gasteiger partial charge in [-0.1, -0.05) is 6.92 Å². The van der Waals surface area contributed by atoms with Crippen LogP contribution >= 0.6 is 11.8 Å². The molecule has 5 heteroatoms. The molecule has 0 saturated carbocycles. The van der Waals surface area contributed by atoms with Crippen LogP contribution in [0.15, 0.2) is 0 Å². The quantitative estimate of drug-likeness (QED) is 0.658. The molecular formula is C12H22O4S. The molecule has 3 unspecified atom stereocenters. The zero-order chi connectivity index (χ0) is 12.7. The third-order valence-electron chi connectivity index (χ3n) is 2.68. The van der Waals surface area contributed by atoms with Crippen LogP contribution in [0, 0.1) is 0 Å². The second-order valence-corrected chi connectivity index (χ2v) is 5.21. The van der Waals surface area contributed by atoms with Crippen molar-refractivity contribution in [2.45, 2.75) is 50.9 Å². The first kappa shape index (κ1) is 15.0. The summed E-state index contributed by atoms with van der Waals surface area (Å²) in [6.45, 7) is 7.04. The van der Waals surface area contributed by atoms with Gasteiger partial charge in [-0.15, -0.1) is 11.8 Å². The first-order chi connectivity index (χ1) is 8.21. The fourth-order valence-electron chi connectivity index (χ4n) is 1.96. The number of hydrogen-bond donors (Lipinski definition) is 0. The summed E-state index contributed by atoms with van der Waals surface area (Å²) in [6, 6.07) is 0. The lowest BCUT2D eigenvalue weighted by Gasteiger charge is -2.40. The SMILES string of the molecule is CCOC1CCC(C=O)(OCC)OC1SCC. The van der Waals surface area contributed by atoms with Crippen LogP contribution in [0.1, 0.15) is 33.6 Å². The molecule has 1 heterocycles. The van der Waals surface area contributed by atoms with Gasteiger partial charge in [-0.05, 0) is 26.0 Å². The average Bonchev–Trinajstić information content (AvgIpc) is 2.33. The van der Waals surface area contributed by atoms with E-state index in [0.717, 1.165) is 18.5 Å². The smallest absolute Gasteiger partial charge is 0.227 e. The van der Waals surface area contributed by atoms with Crippen LogP contribution in [0.2, 0.25) is 0 Å². The lowest BCUT2D eigenvalue weighted by Crippen LogP contribution is -2.49. The summed E-state index contributed by atoms with van der Waals surface area (Å²) < 4.78 is 16.9. The molecule has 0 aromatic rings.